The molecule has 6 heteroatoms. The summed E-state index contributed by atoms with van der Waals surface area (Å²) in [5.74, 6) is 0.791. The van der Waals surface area contributed by atoms with E-state index in [1.807, 2.05) is 35.7 Å². The topological polar surface area (TPSA) is 47.0 Å². The van der Waals surface area contributed by atoms with Crippen LogP contribution in [0.25, 0.3) is 10.2 Å². The second kappa shape index (κ2) is 5.22. The van der Waals surface area contributed by atoms with Crippen LogP contribution in [0.2, 0.25) is 0 Å². The summed E-state index contributed by atoms with van der Waals surface area (Å²) >= 11 is 6.75. The molecule has 0 amide bonds. The molecule has 2 aromatic heterocycles. The standard InChI is InChI=1S/C14H12N2O2S2/c1-18-10-4-2-9(3-5-10)8-16-13(17)11-6-7-20-12(11)15-14(16)19/h2-7H,8H2,1H3,(H,15,19). The lowest BCUT2D eigenvalue weighted by Gasteiger charge is -2.07. The number of nitrogens with one attached hydrogen (secondary N) is 1. The van der Waals surface area contributed by atoms with Crippen molar-refractivity contribution in [3.63, 3.8) is 0 Å². The van der Waals surface area contributed by atoms with Gasteiger partial charge < -0.3 is 9.72 Å². The van der Waals surface area contributed by atoms with E-state index in [1.54, 1.807) is 11.7 Å². The largest absolute Gasteiger partial charge is 0.497 e. The summed E-state index contributed by atoms with van der Waals surface area (Å²) in [6.45, 7) is 0.448. The fourth-order valence-electron chi connectivity index (χ4n) is 2.03. The van der Waals surface area contributed by atoms with Crippen LogP contribution in [0.15, 0.2) is 40.5 Å². The third-order valence-electron chi connectivity index (χ3n) is 3.11. The quantitative estimate of drug-likeness (QED) is 0.756. The SMILES string of the molecule is COc1ccc(Cn2c(=S)[nH]c3sccc3c2=O)cc1. The van der Waals surface area contributed by atoms with Gasteiger partial charge in [-0.05, 0) is 41.4 Å². The van der Waals surface area contributed by atoms with Crippen LogP contribution in [-0.4, -0.2) is 16.7 Å². The highest BCUT2D eigenvalue weighted by molar-refractivity contribution is 7.71. The summed E-state index contributed by atoms with van der Waals surface area (Å²) in [5.41, 5.74) is 0.947. The van der Waals surface area contributed by atoms with Crippen LogP contribution in [-0.2, 0) is 6.54 Å². The molecule has 4 nitrogen and oxygen atoms in total. The summed E-state index contributed by atoms with van der Waals surface area (Å²) in [7, 11) is 1.63. The molecule has 0 aliphatic carbocycles. The number of hydrogen-bond acceptors (Lipinski definition) is 4. The van der Waals surface area contributed by atoms with Crippen molar-refractivity contribution >= 4 is 33.8 Å². The number of hydrogen-bond donors (Lipinski definition) is 1. The number of aromatic nitrogens is 2. The van der Waals surface area contributed by atoms with Gasteiger partial charge in [-0.1, -0.05) is 12.1 Å². The molecule has 0 bridgehead atoms. The fraction of sp³-hybridized carbons (Fsp3) is 0.143. The third-order valence-corrected chi connectivity index (χ3v) is 4.26. The number of H-pyrrole nitrogens is 1. The zero-order valence-electron chi connectivity index (χ0n) is 10.8. The van der Waals surface area contributed by atoms with E-state index in [2.05, 4.69) is 4.98 Å². The zero-order valence-corrected chi connectivity index (χ0v) is 12.4. The average molecular weight is 304 g/mol. The summed E-state index contributed by atoms with van der Waals surface area (Å²) in [4.78, 5) is 16.3. The molecule has 3 aromatic rings. The Hall–Kier alpha value is -1.92. The molecule has 20 heavy (non-hydrogen) atoms. The van der Waals surface area contributed by atoms with E-state index in [0.717, 1.165) is 16.1 Å². The monoisotopic (exact) mass is 304 g/mol. The normalized spacial score (nSPS) is 10.8. The average Bonchev–Trinajstić information content (AvgIpc) is 2.92. The molecule has 3 rings (SSSR count). The third kappa shape index (κ3) is 2.28. The maximum atomic E-state index is 12.4. The van der Waals surface area contributed by atoms with Gasteiger partial charge in [0.05, 0.1) is 19.0 Å². The van der Waals surface area contributed by atoms with E-state index in [0.29, 0.717) is 16.7 Å². The van der Waals surface area contributed by atoms with Crippen molar-refractivity contribution in [2.75, 3.05) is 7.11 Å². The van der Waals surface area contributed by atoms with Crippen molar-refractivity contribution in [2.24, 2.45) is 0 Å². The number of aromatic amines is 1. The second-order valence-corrected chi connectivity index (χ2v) is 5.64. The molecule has 102 valence electrons. The molecule has 0 radical (unpaired) electrons. The predicted molar refractivity (Wildman–Crippen MR) is 83.4 cm³/mol. The molecule has 0 atom stereocenters. The highest BCUT2D eigenvalue weighted by Gasteiger charge is 2.07. The Morgan fingerprint density at radius 3 is 2.75 bits per heavy atom. The molecule has 1 aromatic carbocycles. The van der Waals surface area contributed by atoms with Gasteiger partial charge in [-0.15, -0.1) is 11.3 Å². The summed E-state index contributed by atoms with van der Waals surface area (Å²) in [6.07, 6.45) is 0. The molecular formula is C14H12N2O2S2. The Morgan fingerprint density at radius 2 is 2.05 bits per heavy atom. The van der Waals surface area contributed by atoms with Crippen LogP contribution < -0.4 is 10.3 Å². The molecule has 0 aliphatic heterocycles. The number of ether oxygens (including phenoxy) is 1. The Balaban J connectivity index is 2.05. The van der Waals surface area contributed by atoms with Crippen LogP contribution >= 0.6 is 23.6 Å². The second-order valence-electron chi connectivity index (χ2n) is 4.33. The van der Waals surface area contributed by atoms with E-state index in [1.165, 1.54) is 11.3 Å². The molecule has 0 saturated heterocycles. The van der Waals surface area contributed by atoms with Crippen LogP contribution in [0.1, 0.15) is 5.56 Å². The van der Waals surface area contributed by atoms with Gasteiger partial charge in [0.2, 0.25) is 0 Å². The summed E-state index contributed by atoms with van der Waals surface area (Å²) < 4.78 is 7.14. The Bertz CT molecular complexity index is 859. The van der Waals surface area contributed by atoms with Crippen molar-refractivity contribution in [1.82, 2.24) is 9.55 Å². The molecule has 0 unspecified atom stereocenters. The fourth-order valence-corrected chi connectivity index (χ4v) is 3.13. The van der Waals surface area contributed by atoms with Gasteiger partial charge in [0.15, 0.2) is 4.77 Å². The minimum atomic E-state index is -0.0548. The summed E-state index contributed by atoms with van der Waals surface area (Å²) in [5, 5.41) is 2.56. The van der Waals surface area contributed by atoms with E-state index in [4.69, 9.17) is 17.0 Å². The lowest BCUT2D eigenvalue weighted by molar-refractivity contribution is 0.414. The predicted octanol–water partition coefficient (Wildman–Crippen LogP) is 3.18. The lowest BCUT2D eigenvalue weighted by atomic mass is 10.2. The number of rotatable bonds is 3. The van der Waals surface area contributed by atoms with E-state index < -0.39 is 0 Å². The van der Waals surface area contributed by atoms with Gasteiger partial charge >= 0.3 is 0 Å². The van der Waals surface area contributed by atoms with E-state index in [-0.39, 0.29) is 5.56 Å². The van der Waals surface area contributed by atoms with Gasteiger partial charge in [0.25, 0.3) is 5.56 Å². The van der Waals surface area contributed by atoms with Crippen LogP contribution in [0, 0.1) is 4.77 Å². The number of benzene rings is 1. The van der Waals surface area contributed by atoms with Crippen LogP contribution in [0.5, 0.6) is 5.75 Å². The first kappa shape index (κ1) is 13.1. The maximum Gasteiger partial charge on any atom is 0.263 e. The van der Waals surface area contributed by atoms with Crippen molar-refractivity contribution in [3.05, 3.63) is 56.4 Å². The smallest absolute Gasteiger partial charge is 0.263 e. The number of methoxy groups -OCH3 is 1. The molecule has 0 spiro atoms. The molecule has 0 fully saturated rings. The summed E-state index contributed by atoms with van der Waals surface area (Å²) in [6, 6.07) is 9.42. The number of nitrogens with zero attached hydrogens (tertiary/aromatic N) is 1. The maximum absolute atomic E-state index is 12.4. The van der Waals surface area contributed by atoms with Crippen molar-refractivity contribution < 1.29 is 4.74 Å². The molecule has 0 aliphatic rings. The number of thiophene rings is 1. The Kier molecular flexibility index (Phi) is 3.42. The van der Waals surface area contributed by atoms with Gasteiger partial charge in [-0.2, -0.15) is 0 Å². The first-order chi connectivity index (χ1) is 9.69. The minimum absolute atomic E-state index is 0.0548. The number of fused-ring (bicyclic) bond motifs is 1. The highest BCUT2D eigenvalue weighted by atomic mass is 32.1. The molecular weight excluding hydrogens is 292 g/mol. The van der Waals surface area contributed by atoms with Crippen molar-refractivity contribution in [1.29, 1.82) is 0 Å². The van der Waals surface area contributed by atoms with E-state index in [9.17, 15) is 4.79 Å². The van der Waals surface area contributed by atoms with Gasteiger partial charge in [-0.3, -0.25) is 9.36 Å². The first-order valence-electron chi connectivity index (χ1n) is 6.02. The van der Waals surface area contributed by atoms with Crippen molar-refractivity contribution in [2.45, 2.75) is 6.54 Å². The minimum Gasteiger partial charge on any atom is -0.497 e. The van der Waals surface area contributed by atoms with E-state index >= 15 is 0 Å². The Morgan fingerprint density at radius 1 is 1.30 bits per heavy atom. The highest BCUT2D eigenvalue weighted by Crippen LogP contribution is 2.15. The molecule has 0 saturated carbocycles. The van der Waals surface area contributed by atoms with Gasteiger partial charge in [0, 0.05) is 0 Å². The van der Waals surface area contributed by atoms with Crippen LogP contribution in [0.4, 0.5) is 0 Å². The first-order valence-corrected chi connectivity index (χ1v) is 7.31. The zero-order chi connectivity index (χ0) is 14.1. The Labute approximate surface area is 124 Å². The van der Waals surface area contributed by atoms with Gasteiger partial charge in [-0.25, -0.2) is 0 Å². The van der Waals surface area contributed by atoms with Crippen LogP contribution in [0.3, 0.4) is 0 Å². The molecule has 2 heterocycles. The van der Waals surface area contributed by atoms with Gasteiger partial charge in [0.1, 0.15) is 10.6 Å². The lowest BCUT2D eigenvalue weighted by Crippen LogP contribution is -2.22. The molecule has 1 N–H and O–H groups in total. The van der Waals surface area contributed by atoms with Crippen molar-refractivity contribution in [3.8, 4) is 5.75 Å².